The van der Waals surface area contributed by atoms with E-state index in [1.807, 2.05) is 0 Å². The summed E-state index contributed by atoms with van der Waals surface area (Å²) in [6.07, 6.45) is 1.68. The summed E-state index contributed by atoms with van der Waals surface area (Å²) < 4.78 is 4.82. The third-order valence-electron chi connectivity index (χ3n) is 2.40. The van der Waals surface area contributed by atoms with Crippen molar-refractivity contribution in [3.8, 4) is 0 Å². The summed E-state index contributed by atoms with van der Waals surface area (Å²) in [7, 11) is 0. The molecule has 1 N–H and O–H groups in total. The maximum atomic E-state index is 11.2. The average molecular weight is 186 g/mol. The smallest absolute Gasteiger partial charge is 0.308 e. The van der Waals surface area contributed by atoms with Gasteiger partial charge in [-0.1, -0.05) is 0 Å². The minimum atomic E-state index is -0.799. The fourth-order valence-electron chi connectivity index (χ4n) is 1.68. The topological polar surface area (TPSA) is 63.6 Å². The van der Waals surface area contributed by atoms with E-state index in [-0.39, 0.29) is 17.8 Å². The van der Waals surface area contributed by atoms with Crippen LogP contribution in [0.2, 0.25) is 0 Å². The van der Waals surface area contributed by atoms with Gasteiger partial charge in [-0.3, -0.25) is 9.59 Å². The summed E-state index contributed by atoms with van der Waals surface area (Å²) in [5.74, 6) is -1.59. The van der Waals surface area contributed by atoms with Crippen molar-refractivity contribution < 1.29 is 19.4 Å². The van der Waals surface area contributed by atoms with Gasteiger partial charge in [-0.25, -0.2) is 0 Å². The van der Waals surface area contributed by atoms with Gasteiger partial charge in [0.05, 0.1) is 18.4 Å². The van der Waals surface area contributed by atoms with Crippen molar-refractivity contribution in [3.05, 3.63) is 0 Å². The molecular weight excluding hydrogens is 172 g/mol. The molecule has 1 fully saturated rings. The number of carboxylic acids is 1. The monoisotopic (exact) mass is 186 g/mol. The number of aliphatic carboxylic acids is 1. The van der Waals surface area contributed by atoms with E-state index in [1.165, 1.54) is 0 Å². The van der Waals surface area contributed by atoms with E-state index in [0.717, 1.165) is 0 Å². The molecular formula is C9H14O4. The van der Waals surface area contributed by atoms with Gasteiger partial charge in [-0.05, 0) is 26.2 Å². The number of carboxylic acid groups (broad SMARTS) is 1. The van der Waals surface area contributed by atoms with Gasteiger partial charge < -0.3 is 9.84 Å². The Morgan fingerprint density at radius 3 is 2.46 bits per heavy atom. The van der Waals surface area contributed by atoms with E-state index in [0.29, 0.717) is 25.9 Å². The van der Waals surface area contributed by atoms with Gasteiger partial charge in [-0.2, -0.15) is 0 Å². The van der Waals surface area contributed by atoms with E-state index in [2.05, 4.69) is 0 Å². The second-order valence-electron chi connectivity index (χ2n) is 3.30. The van der Waals surface area contributed by atoms with Gasteiger partial charge in [-0.15, -0.1) is 0 Å². The maximum absolute atomic E-state index is 11.2. The van der Waals surface area contributed by atoms with Crippen LogP contribution in [0.5, 0.6) is 0 Å². The summed E-state index contributed by atoms with van der Waals surface area (Å²) in [4.78, 5) is 21.8. The van der Waals surface area contributed by atoms with Crippen molar-refractivity contribution in [1.29, 1.82) is 0 Å². The quantitative estimate of drug-likeness (QED) is 0.669. The molecule has 1 aliphatic carbocycles. The van der Waals surface area contributed by atoms with E-state index >= 15 is 0 Å². The molecule has 1 saturated carbocycles. The molecule has 0 radical (unpaired) electrons. The summed E-state index contributed by atoms with van der Waals surface area (Å²) in [5, 5.41) is 8.69. The zero-order valence-corrected chi connectivity index (χ0v) is 7.66. The molecule has 1 rings (SSSR count). The lowest BCUT2D eigenvalue weighted by Gasteiger charge is -2.07. The number of hydrogen-bond acceptors (Lipinski definition) is 3. The first-order valence-corrected chi connectivity index (χ1v) is 4.54. The molecule has 13 heavy (non-hydrogen) atoms. The number of hydrogen-bond donors (Lipinski definition) is 1. The third-order valence-corrected chi connectivity index (χ3v) is 2.40. The first kappa shape index (κ1) is 10.0. The summed E-state index contributed by atoms with van der Waals surface area (Å²) in [5.41, 5.74) is 0. The molecule has 4 nitrogen and oxygen atoms in total. The highest BCUT2D eigenvalue weighted by molar-refractivity contribution is 5.76. The highest BCUT2D eigenvalue weighted by Gasteiger charge is 2.34. The third kappa shape index (κ3) is 2.44. The molecule has 0 spiro atoms. The molecule has 2 atom stereocenters. The average Bonchev–Trinajstić information content (AvgIpc) is 2.52. The number of carbonyl (C=O) groups is 2. The molecule has 0 bridgehead atoms. The SMILES string of the molecule is CCOC(=O)[C@@H]1CC[C@H](C(=O)O)C1. The van der Waals surface area contributed by atoms with E-state index < -0.39 is 5.97 Å². The fourth-order valence-corrected chi connectivity index (χ4v) is 1.68. The molecule has 0 aromatic carbocycles. The van der Waals surface area contributed by atoms with Crippen LogP contribution >= 0.6 is 0 Å². The van der Waals surface area contributed by atoms with E-state index in [4.69, 9.17) is 9.84 Å². The number of rotatable bonds is 3. The number of carbonyl (C=O) groups excluding carboxylic acids is 1. The predicted molar refractivity (Wildman–Crippen MR) is 45.1 cm³/mol. The highest BCUT2D eigenvalue weighted by Crippen LogP contribution is 2.31. The van der Waals surface area contributed by atoms with Crippen LogP contribution < -0.4 is 0 Å². The molecule has 74 valence electrons. The van der Waals surface area contributed by atoms with Crippen molar-refractivity contribution in [2.24, 2.45) is 11.8 Å². The van der Waals surface area contributed by atoms with Gasteiger partial charge in [0.2, 0.25) is 0 Å². The summed E-state index contributed by atoms with van der Waals surface area (Å²) in [6, 6.07) is 0. The van der Waals surface area contributed by atoms with E-state index in [9.17, 15) is 9.59 Å². The lowest BCUT2D eigenvalue weighted by atomic mass is 10.1. The summed E-state index contributed by atoms with van der Waals surface area (Å²) >= 11 is 0. The molecule has 0 saturated heterocycles. The molecule has 1 aliphatic rings. The Kier molecular flexibility index (Phi) is 3.28. The van der Waals surface area contributed by atoms with Gasteiger partial charge in [0.15, 0.2) is 0 Å². The minimum absolute atomic E-state index is 0.193. The molecule has 0 unspecified atom stereocenters. The number of ether oxygens (including phenoxy) is 1. The normalized spacial score (nSPS) is 27.2. The Labute approximate surface area is 76.9 Å². The second kappa shape index (κ2) is 4.25. The van der Waals surface area contributed by atoms with Crippen LogP contribution in [0.4, 0.5) is 0 Å². The Hall–Kier alpha value is -1.06. The number of esters is 1. The zero-order valence-electron chi connectivity index (χ0n) is 7.66. The Bertz CT molecular complexity index is 212. The largest absolute Gasteiger partial charge is 0.481 e. The van der Waals surface area contributed by atoms with Gasteiger partial charge in [0.1, 0.15) is 0 Å². The molecule has 0 heterocycles. The van der Waals surface area contributed by atoms with Crippen molar-refractivity contribution in [3.63, 3.8) is 0 Å². The van der Waals surface area contributed by atoms with Crippen LogP contribution in [-0.2, 0) is 14.3 Å². The van der Waals surface area contributed by atoms with Crippen LogP contribution in [0, 0.1) is 11.8 Å². The van der Waals surface area contributed by atoms with Crippen LogP contribution in [-0.4, -0.2) is 23.7 Å². The van der Waals surface area contributed by atoms with Crippen LogP contribution in [0.3, 0.4) is 0 Å². The van der Waals surface area contributed by atoms with Gasteiger partial charge >= 0.3 is 11.9 Å². The Morgan fingerprint density at radius 1 is 1.38 bits per heavy atom. The minimum Gasteiger partial charge on any atom is -0.481 e. The van der Waals surface area contributed by atoms with Crippen LogP contribution in [0.25, 0.3) is 0 Å². The Balaban J connectivity index is 2.40. The van der Waals surface area contributed by atoms with Crippen molar-refractivity contribution in [2.45, 2.75) is 26.2 Å². The molecule has 0 aromatic heterocycles. The zero-order chi connectivity index (χ0) is 9.84. The lowest BCUT2D eigenvalue weighted by molar-refractivity contribution is -0.148. The molecule has 0 aromatic rings. The molecule has 0 aliphatic heterocycles. The van der Waals surface area contributed by atoms with Gasteiger partial charge in [0.25, 0.3) is 0 Å². The fraction of sp³-hybridized carbons (Fsp3) is 0.778. The van der Waals surface area contributed by atoms with Crippen molar-refractivity contribution in [2.75, 3.05) is 6.61 Å². The van der Waals surface area contributed by atoms with Crippen molar-refractivity contribution in [1.82, 2.24) is 0 Å². The van der Waals surface area contributed by atoms with E-state index in [1.54, 1.807) is 6.92 Å². The molecule has 0 amide bonds. The first-order chi connectivity index (χ1) is 6.15. The Morgan fingerprint density at radius 2 is 2.00 bits per heavy atom. The van der Waals surface area contributed by atoms with Crippen LogP contribution in [0.1, 0.15) is 26.2 Å². The van der Waals surface area contributed by atoms with Crippen LogP contribution in [0.15, 0.2) is 0 Å². The molecule has 4 heteroatoms. The van der Waals surface area contributed by atoms with Gasteiger partial charge in [0, 0.05) is 0 Å². The van der Waals surface area contributed by atoms with Crippen molar-refractivity contribution >= 4 is 11.9 Å². The predicted octanol–water partition coefficient (Wildman–Crippen LogP) is 1.05. The standard InChI is InChI=1S/C9H14O4/c1-2-13-9(12)7-4-3-6(5-7)8(10)11/h6-7H,2-5H2,1H3,(H,10,11)/t6-,7+/m0/s1. The first-order valence-electron chi connectivity index (χ1n) is 4.54. The highest BCUT2D eigenvalue weighted by atomic mass is 16.5. The summed E-state index contributed by atoms with van der Waals surface area (Å²) in [6.45, 7) is 2.12. The maximum Gasteiger partial charge on any atom is 0.308 e. The lowest BCUT2D eigenvalue weighted by Crippen LogP contribution is -2.16. The second-order valence-corrected chi connectivity index (χ2v) is 3.30.